The number of hydrogen-bond donors (Lipinski definition) is 1. The van der Waals surface area contributed by atoms with Gasteiger partial charge in [-0.15, -0.1) is 0 Å². The second-order valence-corrected chi connectivity index (χ2v) is 7.58. The van der Waals surface area contributed by atoms with Crippen molar-refractivity contribution in [2.75, 3.05) is 13.6 Å². The van der Waals surface area contributed by atoms with E-state index in [9.17, 15) is 0 Å². The average molecular weight is 266 g/mol. The zero-order chi connectivity index (χ0) is 13.9. The summed E-state index contributed by atoms with van der Waals surface area (Å²) in [5.41, 5.74) is 6.92. The minimum Gasteiger partial charge on any atom is -0.329 e. The van der Waals surface area contributed by atoms with Crippen molar-refractivity contribution >= 4 is 0 Å². The zero-order valence-electron chi connectivity index (χ0n) is 13.4. The van der Waals surface area contributed by atoms with Crippen molar-refractivity contribution in [3.8, 4) is 0 Å². The molecule has 2 N–H and O–H groups in total. The van der Waals surface area contributed by atoms with Gasteiger partial charge in [0, 0.05) is 18.1 Å². The van der Waals surface area contributed by atoms with Gasteiger partial charge in [-0.05, 0) is 38.1 Å². The lowest BCUT2D eigenvalue weighted by Gasteiger charge is -2.57. The third-order valence-electron chi connectivity index (χ3n) is 6.29. The third-order valence-corrected chi connectivity index (χ3v) is 6.29. The van der Waals surface area contributed by atoms with Crippen molar-refractivity contribution < 1.29 is 0 Å². The summed E-state index contributed by atoms with van der Waals surface area (Å²) in [7, 11) is 2.37. The zero-order valence-corrected chi connectivity index (χ0v) is 13.4. The number of nitrogens with two attached hydrogens (primary N) is 1. The van der Waals surface area contributed by atoms with Crippen LogP contribution < -0.4 is 5.73 Å². The highest BCUT2D eigenvalue weighted by Gasteiger charge is 2.49. The molecule has 112 valence electrons. The molecule has 1 atom stereocenters. The van der Waals surface area contributed by atoms with Crippen LogP contribution in [0.5, 0.6) is 0 Å². The minimum atomic E-state index is 0.236. The van der Waals surface area contributed by atoms with E-state index in [2.05, 4.69) is 25.8 Å². The van der Waals surface area contributed by atoms with E-state index in [1.807, 2.05) is 0 Å². The summed E-state index contributed by atoms with van der Waals surface area (Å²) in [6, 6.07) is 0.767. The van der Waals surface area contributed by atoms with Gasteiger partial charge < -0.3 is 5.73 Å². The number of likely N-dealkylation sites (N-methyl/N-ethyl adjacent to an activating group) is 1. The largest absolute Gasteiger partial charge is 0.329 e. The summed E-state index contributed by atoms with van der Waals surface area (Å²) in [6.07, 6.45) is 13.8. The molecule has 0 saturated heterocycles. The Hall–Kier alpha value is -0.0800. The minimum absolute atomic E-state index is 0.236. The molecule has 2 nitrogen and oxygen atoms in total. The van der Waals surface area contributed by atoms with Crippen LogP contribution in [0.1, 0.15) is 78.1 Å². The molecule has 0 bridgehead atoms. The Bertz CT molecular complexity index is 279. The molecular weight excluding hydrogens is 232 g/mol. The van der Waals surface area contributed by atoms with E-state index < -0.39 is 0 Å². The average Bonchev–Trinajstić information content (AvgIpc) is 2.66. The molecular formula is C17H34N2. The van der Waals surface area contributed by atoms with Crippen molar-refractivity contribution in [2.24, 2.45) is 11.1 Å². The van der Waals surface area contributed by atoms with Crippen molar-refractivity contribution in [1.82, 2.24) is 4.90 Å². The van der Waals surface area contributed by atoms with Crippen LogP contribution >= 0.6 is 0 Å². The number of nitrogens with zero attached hydrogens (tertiary/aromatic N) is 1. The van der Waals surface area contributed by atoms with Gasteiger partial charge in [-0.2, -0.15) is 0 Å². The predicted molar refractivity (Wildman–Crippen MR) is 83.3 cm³/mol. The van der Waals surface area contributed by atoms with E-state index in [-0.39, 0.29) is 5.54 Å². The first kappa shape index (κ1) is 15.3. The monoisotopic (exact) mass is 266 g/mol. The molecule has 2 aliphatic rings. The Labute approximate surface area is 120 Å². The van der Waals surface area contributed by atoms with Gasteiger partial charge in [-0.3, -0.25) is 4.90 Å². The lowest BCUT2D eigenvalue weighted by atomic mass is 9.62. The van der Waals surface area contributed by atoms with Crippen LogP contribution in [0, 0.1) is 5.41 Å². The first-order valence-electron chi connectivity index (χ1n) is 8.46. The third kappa shape index (κ3) is 2.85. The first-order valence-corrected chi connectivity index (χ1v) is 8.46. The molecule has 2 saturated carbocycles. The number of hydrogen-bond acceptors (Lipinski definition) is 2. The van der Waals surface area contributed by atoms with Crippen LogP contribution in [-0.4, -0.2) is 30.1 Å². The smallest absolute Gasteiger partial charge is 0.0382 e. The van der Waals surface area contributed by atoms with Gasteiger partial charge in [-0.25, -0.2) is 0 Å². The maximum atomic E-state index is 6.32. The molecule has 0 aromatic rings. The van der Waals surface area contributed by atoms with Crippen LogP contribution in [0.2, 0.25) is 0 Å². The van der Waals surface area contributed by atoms with Crippen LogP contribution in [0.3, 0.4) is 0 Å². The Morgan fingerprint density at radius 1 is 0.947 bits per heavy atom. The van der Waals surface area contributed by atoms with E-state index in [4.69, 9.17) is 5.73 Å². The van der Waals surface area contributed by atoms with Gasteiger partial charge in [0.05, 0.1) is 0 Å². The summed E-state index contributed by atoms with van der Waals surface area (Å²) in [4.78, 5) is 2.72. The quantitative estimate of drug-likeness (QED) is 0.784. The van der Waals surface area contributed by atoms with Crippen molar-refractivity contribution in [3.63, 3.8) is 0 Å². The Morgan fingerprint density at radius 2 is 1.53 bits per heavy atom. The predicted octanol–water partition coefficient (Wildman–Crippen LogP) is 3.94. The SMILES string of the molecule is CN(C1CCCCCC1)C1(CN)CCCCC1(C)C. The molecule has 0 aromatic heterocycles. The molecule has 0 spiro atoms. The molecule has 0 aromatic carbocycles. The van der Waals surface area contributed by atoms with E-state index in [1.165, 1.54) is 64.2 Å². The fraction of sp³-hybridized carbons (Fsp3) is 1.00. The molecule has 0 amide bonds. The summed E-state index contributed by atoms with van der Waals surface area (Å²) < 4.78 is 0. The molecule has 0 aliphatic heterocycles. The summed E-state index contributed by atoms with van der Waals surface area (Å²) in [5, 5.41) is 0. The van der Waals surface area contributed by atoms with Crippen molar-refractivity contribution in [3.05, 3.63) is 0 Å². The van der Waals surface area contributed by atoms with Crippen molar-refractivity contribution in [1.29, 1.82) is 0 Å². The number of rotatable bonds is 3. The Balaban J connectivity index is 2.18. The summed E-state index contributed by atoms with van der Waals surface area (Å²) in [6.45, 7) is 5.73. The fourth-order valence-corrected chi connectivity index (χ4v) is 4.73. The molecule has 2 heteroatoms. The van der Waals surface area contributed by atoms with Gasteiger partial charge in [-0.1, -0.05) is 52.4 Å². The maximum Gasteiger partial charge on any atom is 0.0382 e. The molecule has 19 heavy (non-hydrogen) atoms. The van der Waals surface area contributed by atoms with Gasteiger partial charge in [0.2, 0.25) is 0 Å². The van der Waals surface area contributed by atoms with Gasteiger partial charge in [0.15, 0.2) is 0 Å². The van der Waals surface area contributed by atoms with Crippen LogP contribution in [0.25, 0.3) is 0 Å². The van der Waals surface area contributed by atoms with E-state index in [1.54, 1.807) is 0 Å². The van der Waals surface area contributed by atoms with Crippen LogP contribution in [-0.2, 0) is 0 Å². The van der Waals surface area contributed by atoms with E-state index in [0.717, 1.165) is 12.6 Å². The second kappa shape index (κ2) is 6.13. The topological polar surface area (TPSA) is 29.3 Å². The molecule has 1 unspecified atom stereocenters. The van der Waals surface area contributed by atoms with Crippen molar-refractivity contribution in [2.45, 2.75) is 89.6 Å². The first-order chi connectivity index (χ1) is 9.03. The molecule has 0 heterocycles. The molecule has 2 rings (SSSR count). The Kier molecular flexibility index (Phi) is 4.94. The van der Waals surface area contributed by atoms with Gasteiger partial charge >= 0.3 is 0 Å². The highest BCUT2D eigenvalue weighted by Crippen LogP contribution is 2.48. The van der Waals surface area contributed by atoms with Gasteiger partial charge in [0.25, 0.3) is 0 Å². The molecule has 2 aliphatic carbocycles. The van der Waals surface area contributed by atoms with Crippen LogP contribution in [0.4, 0.5) is 0 Å². The van der Waals surface area contributed by atoms with Gasteiger partial charge in [0.1, 0.15) is 0 Å². The molecule has 0 radical (unpaired) electrons. The lowest BCUT2D eigenvalue weighted by molar-refractivity contribution is -0.0547. The normalized spacial score (nSPS) is 33.3. The highest BCUT2D eigenvalue weighted by molar-refractivity contribution is 5.05. The maximum absolute atomic E-state index is 6.32. The van der Waals surface area contributed by atoms with E-state index >= 15 is 0 Å². The summed E-state index contributed by atoms with van der Waals surface area (Å²) >= 11 is 0. The van der Waals surface area contributed by atoms with E-state index in [0.29, 0.717) is 5.41 Å². The van der Waals surface area contributed by atoms with Crippen LogP contribution in [0.15, 0.2) is 0 Å². The standard InChI is InChI=1S/C17H34N2/c1-16(2)12-8-9-13-17(16,14-18)19(3)15-10-6-4-5-7-11-15/h15H,4-14,18H2,1-3H3. The Morgan fingerprint density at radius 3 is 2.05 bits per heavy atom. The molecule has 2 fully saturated rings. The fourth-order valence-electron chi connectivity index (χ4n) is 4.73. The summed E-state index contributed by atoms with van der Waals surface area (Å²) in [5.74, 6) is 0. The highest BCUT2D eigenvalue weighted by atomic mass is 15.2. The lowest BCUT2D eigenvalue weighted by Crippen LogP contribution is -2.64. The second-order valence-electron chi connectivity index (χ2n) is 7.58.